The molecular weight excluding hydrogens is 281 g/mol. The predicted molar refractivity (Wildman–Crippen MR) is 80.8 cm³/mol. The molecule has 1 aliphatic heterocycles. The number of carbonyl (C=O) groups is 1. The van der Waals surface area contributed by atoms with Gasteiger partial charge in [0.05, 0.1) is 6.10 Å². The van der Waals surface area contributed by atoms with Crippen LogP contribution in [0.1, 0.15) is 38.2 Å². The lowest BCUT2D eigenvalue weighted by Gasteiger charge is -2.54. The van der Waals surface area contributed by atoms with Crippen molar-refractivity contribution >= 4 is 5.91 Å². The number of benzene rings is 1. The molecule has 0 spiro atoms. The quantitative estimate of drug-likeness (QED) is 0.932. The summed E-state index contributed by atoms with van der Waals surface area (Å²) in [5, 5.41) is 3.26. The van der Waals surface area contributed by atoms with E-state index in [2.05, 4.69) is 19.2 Å². The van der Waals surface area contributed by atoms with Crippen molar-refractivity contribution in [2.75, 3.05) is 6.61 Å². The van der Waals surface area contributed by atoms with Gasteiger partial charge in [0.25, 0.3) is 0 Å². The van der Waals surface area contributed by atoms with Crippen molar-refractivity contribution in [1.29, 1.82) is 0 Å². The van der Waals surface area contributed by atoms with Crippen LogP contribution in [0.3, 0.4) is 0 Å². The van der Waals surface area contributed by atoms with Gasteiger partial charge in [0.2, 0.25) is 5.91 Å². The fourth-order valence-corrected chi connectivity index (χ4v) is 4.44. The summed E-state index contributed by atoms with van der Waals surface area (Å²) in [6.07, 6.45) is 2.21. The molecule has 1 saturated heterocycles. The van der Waals surface area contributed by atoms with Gasteiger partial charge in [0.1, 0.15) is 5.82 Å². The van der Waals surface area contributed by atoms with Gasteiger partial charge in [-0.05, 0) is 36.5 Å². The van der Waals surface area contributed by atoms with Gasteiger partial charge in [0, 0.05) is 29.9 Å². The standard InChI is InChI=1S/C18H22FNO2/c1-18(2)15(12-7-8-22-16(12)18)20-17(21)14-9-13(14)10-3-5-11(19)6-4-10/h3-6,12-16H,7-9H2,1-2H3,(H,20,21)/t12-,13+,14+,15+,16-/m0/s1. The molecule has 3 aliphatic rings. The molecule has 0 aromatic heterocycles. The topological polar surface area (TPSA) is 38.3 Å². The Balaban J connectivity index is 1.39. The Morgan fingerprint density at radius 2 is 2.05 bits per heavy atom. The first-order valence-corrected chi connectivity index (χ1v) is 8.16. The fourth-order valence-electron chi connectivity index (χ4n) is 4.44. The largest absolute Gasteiger partial charge is 0.377 e. The summed E-state index contributed by atoms with van der Waals surface area (Å²) in [5.41, 5.74) is 1.09. The summed E-state index contributed by atoms with van der Waals surface area (Å²) < 4.78 is 18.7. The number of halogens is 1. The van der Waals surface area contributed by atoms with Crippen LogP contribution < -0.4 is 5.32 Å². The molecule has 0 radical (unpaired) electrons. The van der Waals surface area contributed by atoms with Gasteiger partial charge in [-0.3, -0.25) is 4.79 Å². The van der Waals surface area contributed by atoms with Crippen LogP contribution in [0.4, 0.5) is 4.39 Å². The molecule has 0 unspecified atom stereocenters. The number of rotatable bonds is 3. The van der Waals surface area contributed by atoms with Gasteiger partial charge < -0.3 is 10.1 Å². The van der Waals surface area contributed by atoms with Gasteiger partial charge in [-0.2, -0.15) is 0 Å². The van der Waals surface area contributed by atoms with E-state index in [4.69, 9.17) is 4.74 Å². The lowest BCUT2D eigenvalue weighted by atomic mass is 9.57. The van der Waals surface area contributed by atoms with Crippen LogP contribution in [0.15, 0.2) is 24.3 Å². The molecule has 0 bridgehead atoms. The van der Waals surface area contributed by atoms with Crippen LogP contribution in [0.2, 0.25) is 0 Å². The highest BCUT2D eigenvalue weighted by Crippen LogP contribution is 2.53. The number of amides is 1. The van der Waals surface area contributed by atoms with E-state index < -0.39 is 0 Å². The molecule has 2 saturated carbocycles. The summed E-state index contributed by atoms with van der Waals surface area (Å²) in [6.45, 7) is 5.16. The maximum atomic E-state index is 13.0. The number of hydrogen-bond acceptors (Lipinski definition) is 2. The van der Waals surface area contributed by atoms with E-state index in [9.17, 15) is 9.18 Å². The van der Waals surface area contributed by atoms with Crippen LogP contribution >= 0.6 is 0 Å². The zero-order chi connectivity index (χ0) is 15.5. The molecule has 1 aromatic carbocycles. The predicted octanol–water partition coefficient (Wildman–Crippen LogP) is 2.86. The van der Waals surface area contributed by atoms with Gasteiger partial charge >= 0.3 is 0 Å². The molecule has 22 heavy (non-hydrogen) atoms. The zero-order valence-electron chi connectivity index (χ0n) is 13.0. The monoisotopic (exact) mass is 303 g/mol. The van der Waals surface area contributed by atoms with Gasteiger partial charge in [-0.25, -0.2) is 4.39 Å². The number of carbonyl (C=O) groups excluding carboxylic acids is 1. The van der Waals surface area contributed by atoms with Crippen LogP contribution in [0, 0.1) is 23.1 Å². The Bertz CT molecular complexity index is 598. The summed E-state index contributed by atoms with van der Waals surface area (Å²) in [4.78, 5) is 12.5. The van der Waals surface area contributed by atoms with Crippen LogP contribution in [0.25, 0.3) is 0 Å². The molecule has 1 N–H and O–H groups in total. The van der Waals surface area contributed by atoms with Crippen molar-refractivity contribution in [3.8, 4) is 0 Å². The Labute approximate surface area is 130 Å². The van der Waals surface area contributed by atoms with Crippen LogP contribution in [0.5, 0.6) is 0 Å². The molecule has 1 aromatic rings. The third-order valence-corrected chi connectivity index (χ3v) is 5.82. The molecule has 1 amide bonds. The highest BCUT2D eigenvalue weighted by molar-refractivity contribution is 5.83. The highest BCUT2D eigenvalue weighted by Gasteiger charge is 2.60. The van der Waals surface area contributed by atoms with Gasteiger partial charge in [-0.1, -0.05) is 26.0 Å². The second-order valence-corrected chi connectivity index (χ2v) is 7.55. The van der Waals surface area contributed by atoms with Crippen molar-refractivity contribution < 1.29 is 13.9 Å². The van der Waals surface area contributed by atoms with E-state index in [0.717, 1.165) is 25.0 Å². The number of fused-ring (bicyclic) bond motifs is 1. The molecule has 4 heteroatoms. The fraction of sp³-hybridized carbons (Fsp3) is 0.611. The Kier molecular flexibility index (Phi) is 3.09. The molecule has 118 valence electrons. The second kappa shape index (κ2) is 4.79. The molecule has 3 nitrogen and oxygen atoms in total. The number of nitrogens with one attached hydrogen (secondary N) is 1. The van der Waals surface area contributed by atoms with E-state index in [1.165, 1.54) is 12.1 Å². The third kappa shape index (κ3) is 2.08. The lowest BCUT2D eigenvalue weighted by Crippen LogP contribution is -2.66. The van der Waals surface area contributed by atoms with Crippen molar-refractivity contribution in [1.82, 2.24) is 5.32 Å². The van der Waals surface area contributed by atoms with E-state index >= 15 is 0 Å². The molecule has 3 fully saturated rings. The van der Waals surface area contributed by atoms with E-state index in [1.807, 2.05) is 0 Å². The number of hydrogen-bond donors (Lipinski definition) is 1. The number of ether oxygens (including phenoxy) is 1. The normalized spacial score (nSPS) is 38.0. The first-order chi connectivity index (χ1) is 10.5. The van der Waals surface area contributed by atoms with E-state index in [0.29, 0.717) is 12.0 Å². The minimum atomic E-state index is -0.228. The summed E-state index contributed by atoms with van der Waals surface area (Å²) >= 11 is 0. The summed E-state index contributed by atoms with van der Waals surface area (Å²) in [7, 11) is 0. The molecule has 4 rings (SSSR count). The van der Waals surface area contributed by atoms with E-state index in [1.54, 1.807) is 12.1 Å². The summed E-state index contributed by atoms with van der Waals surface area (Å²) in [6, 6.07) is 6.75. The first-order valence-electron chi connectivity index (χ1n) is 8.16. The molecule has 1 heterocycles. The Morgan fingerprint density at radius 1 is 1.32 bits per heavy atom. The van der Waals surface area contributed by atoms with Crippen LogP contribution in [-0.2, 0) is 9.53 Å². The lowest BCUT2D eigenvalue weighted by molar-refractivity contribution is -0.138. The highest BCUT2D eigenvalue weighted by atomic mass is 19.1. The van der Waals surface area contributed by atoms with Crippen molar-refractivity contribution in [3.05, 3.63) is 35.6 Å². The summed E-state index contributed by atoms with van der Waals surface area (Å²) in [5.74, 6) is 0.690. The minimum absolute atomic E-state index is 0.0249. The zero-order valence-corrected chi connectivity index (χ0v) is 13.0. The Hall–Kier alpha value is -1.42. The maximum Gasteiger partial charge on any atom is 0.223 e. The van der Waals surface area contributed by atoms with Crippen molar-refractivity contribution in [2.45, 2.75) is 44.8 Å². The van der Waals surface area contributed by atoms with Gasteiger partial charge in [-0.15, -0.1) is 0 Å². The SMILES string of the molecule is CC1(C)[C@H](NC(=O)[C@@H]2C[C@@H]2c2ccc(F)cc2)[C@@H]2CCO[C@@H]21. The van der Waals surface area contributed by atoms with Gasteiger partial charge in [0.15, 0.2) is 0 Å². The van der Waals surface area contributed by atoms with Crippen molar-refractivity contribution in [3.63, 3.8) is 0 Å². The molecular formula is C18H22FNO2. The third-order valence-electron chi connectivity index (χ3n) is 5.82. The minimum Gasteiger partial charge on any atom is -0.377 e. The average molecular weight is 303 g/mol. The average Bonchev–Trinajstić information content (AvgIpc) is 3.15. The first kappa shape index (κ1) is 14.2. The maximum absolute atomic E-state index is 13.0. The smallest absolute Gasteiger partial charge is 0.223 e. The van der Waals surface area contributed by atoms with Crippen LogP contribution in [-0.4, -0.2) is 24.7 Å². The molecule has 2 aliphatic carbocycles. The van der Waals surface area contributed by atoms with E-state index in [-0.39, 0.29) is 35.0 Å². The second-order valence-electron chi connectivity index (χ2n) is 7.55. The Morgan fingerprint density at radius 3 is 2.77 bits per heavy atom. The molecule has 5 atom stereocenters. The van der Waals surface area contributed by atoms with Crippen molar-refractivity contribution in [2.24, 2.45) is 17.3 Å².